The number of imidazole rings is 1. The predicted octanol–water partition coefficient (Wildman–Crippen LogP) is 2.24. The maximum atomic E-state index is 5.98. The van der Waals surface area contributed by atoms with Crippen LogP contribution in [0.1, 0.15) is 19.8 Å². The highest BCUT2D eigenvalue weighted by Crippen LogP contribution is 2.07. The Bertz CT molecular complexity index is 247. The van der Waals surface area contributed by atoms with E-state index in [4.69, 9.17) is 11.6 Å². The molecule has 3 nitrogen and oxygen atoms in total. The van der Waals surface area contributed by atoms with Crippen molar-refractivity contribution in [3.05, 3.63) is 12.4 Å². The smallest absolute Gasteiger partial charge is 0.202 e. The highest BCUT2D eigenvalue weighted by molar-refractivity contribution is 6.20. The molecule has 0 aliphatic carbocycles. The lowest BCUT2D eigenvalue weighted by atomic mass is 10.2. The molecule has 0 amide bonds. The first-order valence-electron chi connectivity index (χ1n) is 4.59. The minimum absolute atomic E-state index is 0.271. The van der Waals surface area contributed by atoms with Crippen LogP contribution in [0, 0.1) is 0 Å². The van der Waals surface area contributed by atoms with E-state index in [9.17, 15) is 0 Å². The van der Waals surface area contributed by atoms with Gasteiger partial charge in [-0.1, -0.05) is 6.92 Å². The third-order valence-corrected chi connectivity index (χ3v) is 2.53. The van der Waals surface area contributed by atoms with Crippen LogP contribution in [0.5, 0.6) is 0 Å². The van der Waals surface area contributed by atoms with E-state index in [2.05, 4.69) is 17.2 Å². The number of aromatic nitrogens is 2. The summed E-state index contributed by atoms with van der Waals surface area (Å²) in [5.74, 6) is 0.903. The molecule has 0 aliphatic rings. The molecular weight excluding hydrogens is 186 g/mol. The number of anilines is 1. The molecule has 13 heavy (non-hydrogen) atoms. The minimum Gasteiger partial charge on any atom is -0.356 e. The van der Waals surface area contributed by atoms with Crippen LogP contribution in [0.2, 0.25) is 0 Å². The number of hydrogen-bond donors (Lipinski definition) is 1. The summed E-state index contributed by atoms with van der Waals surface area (Å²) >= 11 is 5.98. The fraction of sp³-hybridized carbons (Fsp3) is 0.667. The van der Waals surface area contributed by atoms with Crippen molar-refractivity contribution in [3.8, 4) is 0 Å². The van der Waals surface area contributed by atoms with Gasteiger partial charge in [0.25, 0.3) is 0 Å². The van der Waals surface area contributed by atoms with E-state index in [-0.39, 0.29) is 5.38 Å². The quantitative estimate of drug-likeness (QED) is 0.741. The van der Waals surface area contributed by atoms with Gasteiger partial charge in [-0.25, -0.2) is 4.98 Å². The third-order valence-electron chi connectivity index (χ3n) is 2.00. The number of alkyl halides is 1. The fourth-order valence-electron chi connectivity index (χ4n) is 1.08. The number of hydrogen-bond acceptors (Lipinski definition) is 2. The van der Waals surface area contributed by atoms with Crippen LogP contribution >= 0.6 is 11.6 Å². The zero-order chi connectivity index (χ0) is 9.68. The average molecular weight is 202 g/mol. The summed E-state index contributed by atoms with van der Waals surface area (Å²) in [5, 5.41) is 3.50. The molecule has 1 heterocycles. The molecule has 0 saturated heterocycles. The van der Waals surface area contributed by atoms with Crippen molar-refractivity contribution < 1.29 is 0 Å². The lowest BCUT2D eigenvalue weighted by molar-refractivity contribution is 0.745. The van der Waals surface area contributed by atoms with E-state index in [0.29, 0.717) is 0 Å². The summed E-state index contributed by atoms with van der Waals surface area (Å²) in [4.78, 5) is 4.15. The molecular formula is C9H16ClN3. The van der Waals surface area contributed by atoms with E-state index in [1.54, 1.807) is 6.20 Å². The molecule has 1 N–H and O–H groups in total. The van der Waals surface area contributed by atoms with Gasteiger partial charge in [0, 0.05) is 31.4 Å². The highest BCUT2D eigenvalue weighted by Gasteiger charge is 2.01. The van der Waals surface area contributed by atoms with Crippen LogP contribution in [0.4, 0.5) is 5.95 Å². The standard InChI is InChI=1S/C9H16ClN3/c1-3-8(10)4-5-11-9-12-6-7-13(9)2/h6-8H,3-5H2,1-2H3,(H,11,12). The van der Waals surface area contributed by atoms with E-state index < -0.39 is 0 Å². The number of rotatable bonds is 5. The SMILES string of the molecule is CCC(Cl)CCNc1nccn1C. The zero-order valence-corrected chi connectivity index (χ0v) is 8.88. The Kier molecular flexibility index (Phi) is 4.09. The van der Waals surface area contributed by atoms with Crippen molar-refractivity contribution in [2.45, 2.75) is 25.1 Å². The van der Waals surface area contributed by atoms with Gasteiger partial charge in [-0.05, 0) is 12.8 Å². The molecule has 1 aromatic rings. The second-order valence-electron chi connectivity index (χ2n) is 3.08. The van der Waals surface area contributed by atoms with Crippen LogP contribution in [-0.4, -0.2) is 21.5 Å². The molecule has 1 atom stereocenters. The molecule has 0 aliphatic heterocycles. The highest BCUT2D eigenvalue weighted by atomic mass is 35.5. The summed E-state index contributed by atoms with van der Waals surface area (Å²) in [6.07, 6.45) is 5.69. The molecule has 1 aromatic heterocycles. The monoisotopic (exact) mass is 201 g/mol. The molecule has 0 saturated carbocycles. The van der Waals surface area contributed by atoms with E-state index in [1.165, 1.54) is 0 Å². The fourth-order valence-corrected chi connectivity index (χ4v) is 1.19. The van der Waals surface area contributed by atoms with Crippen LogP contribution in [0.25, 0.3) is 0 Å². The number of nitrogens with zero attached hydrogens (tertiary/aromatic N) is 2. The molecule has 0 fully saturated rings. The van der Waals surface area contributed by atoms with Gasteiger partial charge < -0.3 is 9.88 Å². The zero-order valence-electron chi connectivity index (χ0n) is 8.13. The van der Waals surface area contributed by atoms with Crippen molar-refractivity contribution in [3.63, 3.8) is 0 Å². The molecule has 74 valence electrons. The maximum Gasteiger partial charge on any atom is 0.202 e. The van der Waals surface area contributed by atoms with E-state index in [0.717, 1.165) is 25.3 Å². The Hall–Kier alpha value is -0.700. The molecule has 1 rings (SSSR count). The van der Waals surface area contributed by atoms with Crippen molar-refractivity contribution >= 4 is 17.5 Å². The second-order valence-corrected chi connectivity index (χ2v) is 3.70. The summed E-state index contributed by atoms with van der Waals surface area (Å²) in [6, 6.07) is 0. The topological polar surface area (TPSA) is 29.9 Å². The maximum absolute atomic E-state index is 5.98. The normalized spacial score (nSPS) is 12.8. The summed E-state index contributed by atoms with van der Waals surface area (Å²) in [6.45, 7) is 2.98. The Morgan fingerprint density at radius 3 is 3.00 bits per heavy atom. The van der Waals surface area contributed by atoms with Crippen LogP contribution in [-0.2, 0) is 7.05 Å². The predicted molar refractivity (Wildman–Crippen MR) is 56.2 cm³/mol. The third kappa shape index (κ3) is 3.27. The van der Waals surface area contributed by atoms with E-state index in [1.807, 2.05) is 17.8 Å². The molecule has 4 heteroatoms. The summed E-state index contributed by atoms with van der Waals surface area (Å²) in [5.41, 5.74) is 0. The van der Waals surface area contributed by atoms with Gasteiger partial charge in [0.1, 0.15) is 0 Å². The van der Waals surface area contributed by atoms with Crippen molar-refractivity contribution in [1.29, 1.82) is 0 Å². The van der Waals surface area contributed by atoms with Gasteiger partial charge in [0.05, 0.1) is 0 Å². The number of halogens is 1. The number of nitrogens with one attached hydrogen (secondary N) is 1. The second kappa shape index (κ2) is 5.12. The van der Waals surface area contributed by atoms with Crippen LogP contribution in [0.3, 0.4) is 0 Å². The van der Waals surface area contributed by atoms with Crippen LogP contribution in [0.15, 0.2) is 12.4 Å². The minimum atomic E-state index is 0.271. The van der Waals surface area contributed by atoms with Gasteiger partial charge in [-0.2, -0.15) is 0 Å². The van der Waals surface area contributed by atoms with Gasteiger partial charge in [0.15, 0.2) is 0 Å². The van der Waals surface area contributed by atoms with Gasteiger partial charge in [-0.3, -0.25) is 0 Å². The Morgan fingerprint density at radius 1 is 1.69 bits per heavy atom. The first-order valence-corrected chi connectivity index (χ1v) is 5.03. The summed E-state index contributed by atoms with van der Waals surface area (Å²) < 4.78 is 1.95. The van der Waals surface area contributed by atoms with Gasteiger partial charge in [-0.15, -0.1) is 11.6 Å². The van der Waals surface area contributed by atoms with Crippen molar-refractivity contribution in [2.24, 2.45) is 7.05 Å². The molecule has 0 spiro atoms. The van der Waals surface area contributed by atoms with Crippen molar-refractivity contribution in [2.75, 3.05) is 11.9 Å². The Balaban J connectivity index is 2.24. The first-order chi connectivity index (χ1) is 6.24. The largest absolute Gasteiger partial charge is 0.356 e. The molecule has 0 aromatic carbocycles. The first kappa shape index (κ1) is 10.4. The van der Waals surface area contributed by atoms with Crippen LogP contribution < -0.4 is 5.32 Å². The van der Waals surface area contributed by atoms with Crippen molar-refractivity contribution in [1.82, 2.24) is 9.55 Å². The van der Waals surface area contributed by atoms with Gasteiger partial charge >= 0.3 is 0 Å². The Morgan fingerprint density at radius 2 is 2.46 bits per heavy atom. The van der Waals surface area contributed by atoms with Gasteiger partial charge in [0.2, 0.25) is 5.95 Å². The molecule has 1 unspecified atom stereocenters. The lowest BCUT2D eigenvalue weighted by Gasteiger charge is -2.08. The molecule has 0 radical (unpaired) electrons. The molecule has 0 bridgehead atoms. The Labute approximate surface area is 84.1 Å². The average Bonchev–Trinajstić information content (AvgIpc) is 2.52. The number of aryl methyl sites for hydroxylation is 1. The lowest BCUT2D eigenvalue weighted by Crippen LogP contribution is -2.10. The van der Waals surface area contributed by atoms with E-state index >= 15 is 0 Å². The summed E-state index contributed by atoms with van der Waals surface area (Å²) in [7, 11) is 1.97.